The van der Waals surface area contributed by atoms with Crippen molar-refractivity contribution >= 4 is 12.4 Å². The summed E-state index contributed by atoms with van der Waals surface area (Å²) in [4.78, 5) is 4.21. The Bertz CT molecular complexity index is 519. The molecule has 2 rings (SSSR count). The molecule has 1 heterocycles. The lowest BCUT2D eigenvalue weighted by molar-refractivity contribution is 0.242. The van der Waals surface area contributed by atoms with E-state index in [9.17, 15) is 4.39 Å². The molecule has 0 radical (unpaired) electrons. The quantitative estimate of drug-likeness (QED) is 0.887. The summed E-state index contributed by atoms with van der Waals surface area (Å²) in [5.74, 6) is 1.31. The average Bonchev–Trinajstić information content (AvgIpc) is 2.85. The predicted molar refractivity (Wildman–Crippen MR) is 74.5 cm³/mol. The van der Waals surface area contributed by atoms with Crippen molar-refractivity contribution in [3.8, 4) is 5.75 Å². The number of likely N-dealkylation sites (N-methyl/N-ethyl adjacent to an activating group) is 1. The molecule has 2 aromatic rings. The zero-order chi connectivity index (χ0) is 13.7. The van der Waals surface area contributed by atoms with Crippen LogP contribution in [0.15, 0.2) is 28.8 Å². The molecule has 1 unspecified atom stereocenters. The van der Waals surface area contributed by atoms with E-state index in [0.29, 0.717) is 23.9 Å². The van der Waals surface area contributed by atoms with Gasteiger partial charge in [0.2, 0.25) is 0 Å². The van der Waals surface area contributed by atoms with Crippen LogP contribution in [-0.2, 0) is 13.0 Å². The van der Waals surface area contributed by atoms with Gasteiger partial charge in [0, 0.05) is 12.5 Å². The molecule has 0 fully saturated rings. The van der Waals surface area contributed by atoms with Crippen LogP contribution < -0.4 is 10.1 Å². The van der Waals surface area contributed by atoms with Gasteiger partial charge in [0.25, 0.3) is 5.89 Å². The lowest BCUT2D eigenvalue weighted by Crippen LogP contribution is -2.24. The molecule has 1 atom stereocenters. The fraction of sp³-hybridized carbons (Fsp3) is 0.385. The number of nitrogens with one attached hydrogen (secondary N) is 1. The molecule has 110 valence electrons. The van der Waals surface area contributed by atoms with Crippen molar-refractivity contribution < 1.29 is 13.7 Å². The summed E-state index contributed by atoms with van der Waals surface area (Å²) < 4.78 is 23.2. The molecule has 0 aliphatic carbocycles. The minimum Gasteiger partial charge on any atom is -0.484 e. The van der Waals surface area contributed by atoms with Crippen LogP contribution in [0, 0.1) is 5.82 Å². The maximum atomic E-state index is 12.7. The smallest absolute Gasteiger partial charge is 0.264 e. The maximum Gasteiger partial charge on any atom is 0.264 e. The summed E-state index contributed by atoms with van der Waals surface area (Å²) in [7, 11) is 1.88. The number of hydrogen-bond donors (Lipinski definition) is 1. The topological polar surface area (TPSA) is 60.2 Å². The van der Waals surface area contributed by atoms with Crippen LogP contribution in [0.3, 0.4) is 0 Å². The van der Waals surface area contributed by atoms with Crippen LogP contribution in [0.2, 0.25) is 0 Å². The molecule has 0 aliphatic heterocycles. The molecule has 5 nitrogen and oxygen atoms in total. The highest BCUT2D eigenvalue weighted by atomic mass is 35.5. The van der Waals surface area contributed by atoms with Crippen LogP contribution >= 0.6 is 12.4 Å². The Morgan fingerprint density at radius 2 is 2.05 bits per heavy atom. The summed E-state index contributed by atoms with van der Waals surface area (Å²) >= 11 is 0. The first kappa shape index (κ1) is 16.4. The van der Waals surface area contributed by atoms with E-state index in [1.165, 1.54) is 12.1 Å². The van der Waals surface area contributed by atoms with E-state index in [1.54, 1.807) is 12.1 Å². The third kappa shape index (κ3) is 4.79. The standard InChI is InChI=1S/C13H16FN3O2.ClH/c1-9(15-2)7-12-16-13(19-17-12)8-18-11-5-3-10(14)4-6-11;/h3-6,9,15H,7-8H2,1-2H3;1H. The van der Waals surface area contributed by atoms with Gasteiger partial charge in [-0.05, 0) is 38.2 Å². The number of halogens is 2. The van der Waals surface area contributed by atoms with E-state index in [-0.39, 0.29) is 30.9 Å². The van der Waals surface area contributed by atoms with Crippen LogP contribution in [0.5, 0.6) is 5.75 Å². The van der Waals surface area contributed by atoms with E-state index < -0.39 is 0 Å². The van der Waals surface area contributed by atoms with Crippen molar-refractivity contribution in [2.75, 3.05) is 7.05 Å². The highest BCUT2D eigenvalue weighted by Crippen LogP contribution is 2.13. The van der Waals surface area contributed by atoms with Crippen LogP contribution in [0.25, 0.3) is 0 Å². The lowest BCUT2D eigenvalue weighted by Gasteiger charge is -2.04. The Labute approximate surface area is 122 Å². The van der Waals surface area contributed by atoms with Crippen molar-refractivity contribution in [1.29, 1.82) is 0 Å². The largest absolute Gasteiger partial charge is 0.484 e. The first-order valence-electron chi connectivity index (χ1n) is 6.04. The molecule has 0 spiro atoms. The summed E-state index contributed by atoms with van der Waals surface area (Å²) in [6.45, 7) is 2.21. The molecule has 0 amide bonds. The fourth-order valence-corrected chi connectivity index (χ4v) is 1.48. The summed E-state index contributed by atoms with van der Waals surface area (Å²) in [6.07, 6.45) is 0.691. The number of hydrogen-bond acceptors (Lipinski definition) is 5. The minimum atomic E-state index is -0.298. The van der Waals surface area contributed by atoms with Gasteiger partial charge in [0.15, 0.2) is 12.4 Å². The molecule has 0 bridgehead atoms. The highest BCUT2D eigenvalue weighted by Gasteiger charge is 2.09. The molecule has 0 aliphatic rings. The number of benzene rings is 1. The highest BCUT2D eigenvalue weighted by molar-refractivity contribution is 5.85. The Kier molecular flexibility index (Phi) is 6.41. The average molecular weight is 302 g/mol. The van der Waals surface area contributed by atoms with Crippen molar-refractivity contribution in [3.05, 3.63) is 41.8 Å². The second-order valence-electron chi connectivity index (χ2n) is 4.24. The van der Waals surface area contributed by atoms with Gasteiger partial charge in [-0.25, -0.2) is 4.39 Å². The number of nitrogens with zero attached hydrogens (tertiary/aromatic N) is 2. The fourth-order valence-electron chi connectivity index (χ4n) is 1.48. The van der Waals surface area contributed by atoms with E-state index >= 15 is 0 Å². The molecule has 0 saturated heterocycles. The Morgan fingerprint density at radius 1 is 1.35 bits per heavy atom. The van der Waals surface area contributed by atoms with E-state index in [1.807, 2.05) is 14.0 Å². The monoisotopic (exact) mass is 301 g/mol. The Hall–Kier alpha value is -1.66. The number of rotatable bonds is 6. The molecule has 7 heteroatoms. The van der Waals surface area contributed by atoms with Gasteiger partial charge in [-0.3, -0.25) is 0 Å². The second kappa shape index (κ2) is 7.81. The van der Waals surface area contributed by atoms with Gasteiger partial charge in [0.1, 0.15) is 11.6 Å². The van der Waals surface area contributed by atoms with Gasteiger partial charge in [-0.15, -0.1) is 12.4 Å². The Morgan fingerprint density at radius 3 is 2.70 bits per heavy atom. The number of ether oxygens (including phenoxy) is 1. The maximum absolute atomic E-state index is 12.7. The number of aromatic nitrogens is 2. The van der Waals surface area contributed by atoms with Gasteiger partial charge in [-0.1, -0.05) is 5.16 Å². The lowest BCUT2D eigenvalue weighted by atomic mass is 10.2. The van der Waals surface area contributed by atoms with E-state index in [4.69, 9.17) is 9.26 Å². The van der Waals surface area contributed by atoms with Gasteiger partial charge in [0.05, 0.1) is 0 Å². The molecule has 1 aromatic carbocycles. The molecular weight excluding hydrogens is 285 g/mol. The van der Waals surface area contributed by atoms with E-state index in [0.717, 1.165) is 0 Å². The van der Waals surface area contributed by atoms with Crippen LogP contribution in [0.4, 0.5) is 4.39 Å². The molecular formula is C13H17ClFN3O2. The minimum absolute atomic E-state index is 0. The molecule has 20 heavy (non-hydrogen) atoms. The van der Waals surface area contributed by atoms with Crippen molar-refractivity contribution in [2.45, 2.75) is 26.0 Å². The third-order valence-electron chi connectivity index (χ3n) is 2.67. The van der Waals surface area contributed by atoms with E-state index in [2.05, 4.69) is 15.5 Å². The second-order valence-corrected chi connectivity index (χ2v) is 4.24. The first-order chi connectivity index (χ1) is 9.17. The summed E-state index contributed by atoms with van der Waals surface area (Å²) in [5, 5.41) is 6.96. The first-order valence-corrected chi connectivity index (χ1v) is 6.04. The van der Waals surface area contributed by atoms with Crippen molar-refractivity contribution in [1.82, 2.24) is 15.5 Å². The summed E-state index contributed by atoms with van der Waals surface area (Å²) in [5.41, 5.74) is 0. The van der Waals surface area contributed by atoms with Gasteiger partial charge in [-0.2, -0.15) is 4.98 Å². The normalized spacial score (nSPS) is 11.8. The van der Waals surface area contributed by atoms with Crippen molar-refractivity contribution in [3.63, 3.8) is 0 Å². The summed E-state index contributed by atoms with van der Waals surface area (Å²) in [6, 6.07) is 6.06. The zero-order valence-corrected chi connectivity index (χ0v) is 12.1. The van der Waals surface area contributed by atoms with Gasteiger partial charge >= 0.3 is 0 Å². The zero-order valence-electron chi connectivity index (χ0n) is 11.3. The molecule has 0 saturated carbocycles. The van der Waals surface area contributed by atoms with Crippen molar-refractivity contribution in [2.24, 2.45) is 0 Å². The Balaban J connectivity index is 0.00000200. The molecule has 1 aromatic heterocycles. The van der Waals surface area contributed by atoms with Gasteiger partial charge < -0.3 is 14.6 Å². The third-order valence-corrected chi connectivity index (χ3v) is 2.67. The molecule has 1 N–H and O–H groups in total. The van der Waals surface area contributed by atoms with Crippen LogP contribution in [-0.4, -0.2) is 23.2 Å². The SMILES string of the molecule is CNC(C)Cc1noc(COc2ccc(F)cc2)n1.Cl. The predicted octanol–water partition coefficient (Wildman–Crippen LogP) is 2.36. The van der Waals surface area contributed by atoms with Crippen LogP contribution in [0.1, 0.15) is 18.6 Å².